The van der Waals surface area contributed by atoms with Crippen LogP contribution in [0, 0.1) is 6.92 Å². The number of aryl methyl sites for hydroxylation is 1. The van der Waals surface area contributed by atoms with E-state index >= 15 is 0 Å². The summed E-state index contributed by atoms with van der Waals surface area (Å²) in [6.07, 6.45) is 1.44. The number of benzene rings is 2. The minimum atomic E-state index is -0.740. The van der Waals surface area contributed by atoms with Crippen LogP contribution in [0.15, 0.2) is 71.3 Å². The van der Waals surface area contributed by atoms with Crippen LogP contribution >= 0.6 is 0 Å². The Hall–Kier alpha value is -4.13. The van der Waals surface area contributed by atoms with Crippen molar-refractivity contribution in [2.45, 2.75) is 45.1 Å². The molecule has 0 atom stereocenters. The molecule has 1 aliphatic rings. The molecule has 2 aromatic heterocycles. The highest BCUT2D eigenvalue weighted by atomic mass is 16.5. The Morgan fingerprint density at radius 1 is 1.00 bits per heavy atom. The number of nitrogens with one attached hydrogen (secondary N) is 1. The van der Waals surface area contributed by atoms with Crippen molar-refractivity contribution in [3.63, 3.8) is 0 Å². The van der Waals surface area contributed by atoms with Gasteiger partial charge >= 0.3 is 5.97 Å². The number of nitrogens with zero attached hydrogens (tertiary/aromatic N) is 2. The van der Waals surface area contributed by atoms with Gasteiger partial charge in [-0.2, -0.15) is 4.98 Å². The van der Waals surface area contributed by atoms with E-state index in [1.807, 2.05) is 87.5 Å². The number of carboxylic acid groups (broad SMARTS) is 1. The summed E-state index contributed by atoms with van der Waals surface area (Å²) in [6.45, 7) is 5.80. The molecular weight excluding hydrogens is 442 g/mol. The largest absolute Gasteiger partial charge is 0.481 e. The molecule has 0 amide bonds. The molecule has 2 N–H and O–H groups in total. The monoisotopic (exact) mass is 469 g/mol. The van der Waals surface area contributed by atoms with Crippen LogP contribution in [-0.4, -0.2) is 27.3 Å². The van der Waals surface area contributed by atoms with Crippen LogP contribution in [0.2, 0.25) is 0 Å². The summed E-state index contributed by atoms with van der Waals surface area (Å²) in [7, 11) is 0. The van der Waals surface area contributed by atoms with Crippen molar-refractivity contribution >= 4 is 17.5 Å². The number of carbonyl (C=O) groups is 1. The molecule has 1 saturated carbocycles. The molecule has 2 heterocycles. The Balaban J connectivity index is 1.36. The van der Waals surface area contributed by atoms with Gasteiger partial charge in [0.15, 0.2) is 5.76 Å². The quantitative estimate of drug-likeness (QED) is 0.310. The summed E-state index contributed by atoms with van der Waals surface area (Å²) in [5, 5.41) is 17.0. The van der Waals surface area contributed by atoms with Crippen LogP contribution in [0.3, 0.4) is 0 Å². The molecule has 4 aromatic rings. The van der Waals surface area contributed by atoms with Crippen LogP contribution in [0.25, 0.3) is 22.5 Å². The maximum Gasteiger partial charge on any atom is 0.314 e. The topological polar surface area (TPSA) is 97.5 Å². The van der Waals surface area contributed by atoms with Gasteiger partial charge in [-0.1, -0.05) is 59.8 Å². The second-order valence-electron chi connectivity index (χ2n) is 9.17. The third-order valence-electron chi connectivity index (χ3n) is 6.27. The van der Waals surface area contributed by atoms with E-state index in [1.165, 1.54) is 0 Å². The molecule has 1 aliphatic carbocycles. The first-order chi connectivity index (χ1) is 16.9. The van der Waals surface area contributed by atoms with E-state index in [4.69, 9.17) is 9.26 Å². The number of ether oxygens (including phenoxy) is 1. The van der Waals surface area contributed by atoms with E-state index in [0.29, 0.717) is 30.3 Å². The molecule has 35 heavy (non-hydrogen) atoms. The lowest BCUT2D eigenvalue weighted by molar-refractivity contribution is -0.140. The van der Waals surface area contributed by atoms with E-state index in [-0.39, 0.29) is 6.10 Å². The van der Waals surface area contributed by atoms with Crippen molar-refractivity contribution in [2.24, 2.45) is 0 Å². The lowest BCUT2D eigenvalue weighted by Crippen LogP contribution is -2.19. The van der Waals surface area contributed by atoms with Crippen molar-refractivity contribution in [1.29, 1.82) is 0 Å². The number of aromatic nitrogens is 2. The van der Waals surface area contributed by atoms with Gasteiger partial charge in [-0.3, -0.25) is 4.79 Å². The lowest BCUT2D eigenvalue weighted by atomic mass is 9.93. The van der Waals surface area contributed by atoms with E-state index in [9.17, 15) is 9.90 Å². The van der Waals surface area contributed by atoms with Gasteiger partial charge in [0.25, 0.3) is 0 Å². The number of rotatable bonds is 8. The zero-order valence-electron chi connectivity index (χ0n) is 19.9. The van der Waals surface area contributed by atoms with Gasteiger partial charge in [0.2, 0.25) is 5.88 Å². The molecule has 0 spiro atoms. The molecule has 1 fully saturated rings. The number of hydrogen-bond acceptors (Lipinski definition) is 6. The van der Waals surface area contributed by atoms with Crippen molar-refractivity contribution < 1.29 is 19.2 Å². The SMILES string of the molecule is Cc1noc(-c2ccc(-c3ccc(C4(C(=O)O)CC4)cc3)cc2)c1Nc1cccc(OC(C)C)n1. The first-order valence-corrected chi connectivity index (χ1v) is 11.7. The van der Waals surface area contributed by atoms with Crippen molar-refractivity contribution in [2.75, 3.05) is 5.32 Å². The summed E-state index contributed by atoms with van der Waals surface area (Å²) in [6, 6.07) is 21.4. The average molecular weight is 470 g/mol. The maximum absolute atomic E-state index is 11.6. The minimum Gasteiger partial charge on any atom is -0.481 e. The smallest absolute Gasteiger partial charge is 0.314 e. The Morgan fingerprint density at radius 2 is 1.63 bits per heavy atom. The zero-order valence-corrected chi connectivity index (χ0v) is 19.9. The second-order valence-corrected chi connectivity index (χ2v) is 9.17. The summed E-state index contributed by atoms with van der Waals surface area (Å²) >= 11 is 0. The van der Waals surface area contributed by atoms with E-state index in [1.54, 1.807) is 0 Å². The molecule has 0 aliphatic heterocycles. The first kappa shape index (κ1) is 22.7. The summed E-state index contributed by atoms with van der Waals surface area (Å²) in [4.78, 5) is 16.1. The highest BCUT2D eigenvalue weighted by Crippen LogP contribution is 2.48. The van der Waals surface area contributed by atoms with Gasteiger partial charge in [-0.25, -0.2) is 0 Å². The maximum atomic E-state index is 11.6. The van der Waals surface area contributed by atoms with Gasteiger partial charge < -0.3 is 19.7 Å². The summed E-state index contributed by atoms with van der Waals surface area (Å²) in [5.41, 5.74) is 4.60. The third-order valence-corrected chi connectivity index (χ3v) is 6.27. The number of anilines is 2. The summed E-state index contributed by atoms with van der Waals surface area (Å²) in [5.74, 6) is 1.07. The predicted octanol–water partition coefficient (Wildman–Crippen LogP) is 6.36. The van der Waals surface area contributed by atoms with Gasteiger partial charge in [-0.15, -0.1) is 0 Å². The van der Waals surface area contributed by atoms with Crippen LogP contribution in [0.4, 0.5) is 11.5 Å². The first-order valence-electron chi connectivity index (χ1n) is 11.7. The Bertz CT molecular complexity index is 1350. The van der Waals surface area contributed by atoms with Crippen molar-refractivity contribution in [1.82, 2.24) is 10.1 Å². The third kappa shape index (κ3) is 4.49. The normalized spacial score (nSPS) is 14.1. The fourth-order valence-corrected chi connectivity index (χ4v) is 4.18. The minimum absolute atomic E-state index is 0.0346. The Kier molecular flexibility index (Phi) is 5.76. The zero-order chi connectivity index (χ0) is 24.6. The Morgan fingerprint density at radius 3 is 2.23 bits per heavy atom. The van der Waals surface area contributed by atoms with Crippen LogP contribution in [-0.2, 0) is 10.2 Å². The van der Waals surface area contributed by atoms with Crippen LogP contribution < -0.4 is 10.1 Å². The van der Waals surface area contributed by atoms with Gasteiger partial charge in [0.1, 0.15) is 17.2 Å². The highest BCUT2D eigenvalue weighted by Gasteiger charge is 2.51. The molecule has 0 saturated heterocycles. The predicted molar refractivity (Wildman–Crippen MR) is 134 cm³/mol. The molecule has 0 unspecified atom stereocenters. The molecular formula is C28H27N3O4. The number of pyridine rings is 1. The molecule has 178 valence electrons. The second kappa shape index (κ2) is 8.91. The van der Waals surface area contributed by atoms with Gasteiger partial charge in [0, 0.05) is 11.6 Å². The molecule has 7 heteroatoms. The standard InChI is InChI=1S/C28H27N3O4/c1-17(2)34-24-6-4-5-23(29-24)30-25-18(3)31-35-26(25)21-9-7-19(8-10-21)20-11-13-22(14-12-20)28(15-16-28)27(32)33/h4-14,17H,15-16H2,1-3H3,(H,29,30)(H,32,33). The average Bonchev–Trinajstić information content (AvgIpc) is 3.59. The summed E-state index contributed by atoms with van der Waals surface area (Å²) < 4.78 is 11.3. The lowest BCUT2D eigenvalue weighted by Gasteiger charge is -2.12. The fraction of sp³-hybridized carbons (Fsp3) is 0.250. The van der Waals surface area contributed by atoms with Crippen molar-refractivity contribution in [3.05, 3.63) is 78.0 Å². The van der Waals surface area contributed by atoms with Crippen molar-refractivity contribution in [3.8, 4) is 28.3 Å². The molecule has 5 rings (SSSR count). The number of aliphatic carboxylic acids is 1. The van der Waals surface area contributed by atoms with Gasteiger partial charge in [0.05, 0.1) is 11.5 Å². The van der Waals surface area contributed by atoms with E-state index < -0.39 is 11.4 Å². The number of carboxylic acids is 1. The molecule has 0 radical (unpaired) electrons. The fourth-order valence-electron chi connectivity index (χ4n) is 4.18. The number of hydrogen-bond donors (Lipinski definition) is 2. The highest BCUT2D eigenvalue weighted by molar-refractivity contribution is 5.85. The molecule has 7 nitrogen and oxygen atoms in total. The van der Waals surface area contributed by atoms with E-state index in [0.717, 1.165) is 33.6 Å². The van der Waals surface area contributed by atoms with Crippen LogP contribution in [0.5, 0.6) is 5.88 Å². The van der Waals surface area contributed by atoms with Crippen LogP contribution in [0.1, 0.15) is 37.9 Å². The van der Waals surface area contributed by atoms with Gasteiger partial charge in [-0.05, 0) is 56.4 Å². The van der Waals surface area contributed by atoms with E-state index in [2.05, 4.69) is 15.5 Å². The Labute approximate surface area is 203 Å². The molecule has 2 aromatic carbocycles. The molecule has 0 bridgehead atoms.